The highest BCUT2D eigenvalue weighted by Gasteiger charge is 2.30. The Balaban J connectivity index is 3.01. The first-order valence-electron chi connectivity index (χ1n) is 5.03. The molecule has 0 spiro atoms. The molecule has 0 unspecified atom stereocenters. The third-order valence-corrected chi connectivity index (χ3v) is 2.11. The Morgan fingerprint density at radius 3 is 1.95 bits per heavy atom. The maximum Gasteiger partial charge on any atom is 0.344 e. The topological polar surface area (TPSA) is 26.3 Å². The molecule has 2 nitrogen and oxygen atoms in total. The maximum atomic E-state index is 13.2. The van der Waals surface area contributed by atoms with Crippen LogP contribution >= 0.6 is 0 Å². The molecule has 0 saturated heterocycles. The number of terminal acetylenes is 1. The Morgan fingerprint density at radius 1 is 1.00 bits per heavy atom. The number of ether oxygens (including phenoxy) is 1. The van der Waals surface area contributed by atoms with E-state index in [1.807, 2.05) is 0 Å². The summed E-state index contributed by atoms with van der Waals surface area (Å²) in [7, 11) is 0. The van der Waals surface area contributed by atoms with Gasteiger partial charge in [0.25, 0.3) is 0 Å². The largest absolute Gasteiger partial charge is 0.462 e. The fourth-order valence-corrected chi connectivity index (χ4v) is 1.20. The Morgan fingerprint density at radius 2 is 1.47 bits per heavy atom. The minimum Gasteiger partial charge on any atom is -0.462 e. The molecule has 1 rings (SSSR count). The number of rotatable bonds is 4. The van der Waals surface area contributed by atoms with Crippen LogP contribution in [0.4, 0.5) is 22.0 Å². The van der Waals surface area contributed by atoms with Crippen LogP contribution in [-0.2, 0) is 4.74 Å². The standard InChI is InChI=1S/C12H7F5O2/c1-2-3-4-5-19-12(18)6-7(13)9(15)11(17)10(16)8(6)14/h1H,3-5H2. The van der Waals surface area contributed by atoms with Crippen molar-refractivity contribution in [3.8, 4) is 12.3 Å². The second-order valence-electron chi connectivity index (χ2n) is 3.39. The van der Waals surface area contributed by atoms with Crippen molar-refractivity contribution in [3.63, 3.8) is 0 Å². The van der Waals surface area contributed by atoms with Crippen molar-refractivity contribution < 1.29 is 31.5 Å². The lowest BCUT2D eigenvalue weighted by Gasteiger charge is -2.08. The Hall–Kier alpha value is -2.10. The molecular formula is C12H7F5O2. The summed E-state index contributed by atoms with van der Waals surface area (Å²) in [4.78, 5) is 11.3. The number of carbonyl (C=O) groups excluding carboxylic acids is 1. The van der Waals surface area contributed by atoms with E-state index in [1.54, 1.807) is 0 Å². The van der Waals surface area contributed by atoms with Crippen LogP contribution in [-0.4, -0.2) is 12.6 Å². The quantitative estimate of drug-likeness (QED) is 0.211. The van der Waals surface area contributed by atoms with Crippen molar-refractivity contribution >= 4 is 5.97 Å². The van der Waals surface area contributed by atoms with Gasteiger partial charge in [-0.15, -0.1) is 12.3 Å². The van der Waals surface area contributed by atoms with E-state index in [0.717, 1.165) is 0 Å². The highest BCUT2D eigenvalue weighted by molar-refractivity contribution is 5.90. The van der Waals surface area contributed by atoms with Crippen molar-refractivity contribution in [1.29, 1.82) is 0 Å². The van der Waals surface area contributed by atoms with Crippen LogP contribution in [0.3, 0.4) is 0 Å². The lowest BCUT2D eigenvalue weighted by Crippen LogP contribution is -2.15. The van der Waals surface area contributed by atoms with Gasteiger partial charge in [0.05, 0.1) is 6.61 Å². The molecule has 0 radical (unpaired) electrons. The van der Waals surface area contributed by atoms with E-state index in [0.29, 0.717) is 0 Å². The first-order chi connectivity index (χ1) is 8.91. The molecule has 0 aliphatic heterocycles. The van der Waals surface area contributed by atoms with Gasteiger partial charge in [-0.1, -0.05) is 0 Å². The van der Waals surface area contributed by atoms with Crippen LogP contribution in [0.5, 0.6) is 0 Å². The minimum absolute atomic E-state index is 0.206. The zero-order chi connectivity index (χ0) is 14.6. The van der Waals surface area contributed by atoms with Gasteiger partial charge in [-0.25, -0.2) is 26.7 Å². The lowest BCUT2D eigenvalue weighted by atomic mass is 10.1. The Kier molecular flexibility index (Phi) is 4.87. The molecule has 0 atom stereocenters. The van der Waals surface area contributed by atoms with Gasteiger partial charge in [0.2, 0.25) is 5.82 Å². The predicted octanol–water partition coefficient (Wildman–Crippen LogP) is 2.95. The van der Waals surface area contributed by atoms with Crippen molar-refractivity contribution in [2.24, 2.45) is 0 Å². The summed E-state index contributed by atoms with van der Waals surface area (Å²) in [5.41, 5.74) is -1.61. The first kappa shape index (κ1) is 15.0. The van der Waals surface area contributed by atoms with Gasteiger partial charge < -0.3 is 4.74 Å². The van der Waals surface area contributed by atoms with Crippen LogP contribution in [0.15, 0.2) is 0 Å². The number of halogens is 5. The van der Waals surface area contributed by atoms with E-state index in [9.17, 15) is 26.7 Å². The van der Waals surface area contributed by atoms with E-state index < -0.39 is 40.6 Å². The highest BCUT2D eigenvalue weighted by Crippen LogP contribution is 2.23. The van der Waals surface area contributed by atoms with Crippen LogP contribution in [0.1, 0.15) is 23.2 Å². The summed E-state index contributed by atoms with van der Waals surface area (Å²) in [6.45, 7) is -0.289. The lowest BCUT2D eigenvalue weighted by molar-refractivity contribution is 0.0487. The number of carbonyl (C=O) groups is 1. The van der Waals surface area contributed by atoms with Gasteiger partial charge in [-0.05, 0) is 6.42 Å². The molecule has 1 aromatic carbocycles. The molecule has 0 saturated carbocycles. The van der Waals surface area contributed by atoms with Gasteiger partial charge in [0.1, 0.15) is 5.56 Å². The third-order valence-electron chi connectivity index (χ3n) is 2.11. The smallest absolute Gasteiger partial charge is 0.344 e. The molecule has 19 heavy (non-hydrogen) atoms. The Labute approximate surface area is 105 Å². The van der Waals surface area contributed by atoms with E-state index in [-0.39, 0.29) is 19.4 Å². The fraction of sp³-hybridized carbons (Fsp3) is 0.250. The first-order valence-corrected chi connectivity index (χ1v) is 5.03. The molecule has 0 heterocycles. The number of unbranched alkanes of at least 4 members (excludes halogenated alkanes) is 1. The molecule has 0 bridgehead atoms. The summed E-state index contributed by atoms with van der Waals surface area (Å²) in [5.74, 6) is -10.6. The summed E-state index contributed by atoms with van der Waals surface area (Å²) in [6.07, 6.45) is 5.36. The average molecular weight is 278 g/mol. The second-order valence-corrected chi connectivity index (χ2v) is 3.39. The maximum absolute atomic E-state index is 13.2. The normalized spacial score (nSPS) is 10.1. The molecule has 0 fully saturated rings. The van der Waals surface area contributed by atoms with Gasteiger partial charge >= 0.3 is 5.97 Å². The molecule has 7 heteroatoms. The van der Waals surface area contributed by atoms with Crippen LogP contribution in [0.25, 0.3) is 0 Å². The van der Waals surface area contributed by atoms with E-state index >= 15 is 0 Å². The van der Waals surface area contributed by atoms with Crippen molar-refractivity contribution in [2.45, 2.75) is 12.8 Å². The van der Waals surface area contributed by atoms with Crippen LogP contribution in [0.2, 0.25) is 0 Å². The third kappa shape index (κ3) is 3.02. The SMILES string of the molecule is C#CCCCOC(=O)c1c(F)c(F)c(F)c(F)c1F. The number of benzene rings is 1. The molecule has 0 aliphatic carbocycles. The molecule has 0 amide bonds. The fourth-order valence-electron chi connectivity index (χ4n) is 1.20. The molecular weight excluding hydrogens is 271 g/mol. The predicted molar refractivity (Wildman–Crippen MR) is 54.6 cm³/mol. The number of hydrogen-bond donors (Lipinski definition) is 0. The average Bonchev–Trinajstić information content (AvgIpc) is 2.39. The summed E-state index contributed by atoms with van der Waals surface area (Å²) in [5, 5.41) is 0. The second kappa shape index (κ2) is 6.18. The highest BCUT2D eigenvalue weighted by atomic mass is 19.2. The van der Waals surface area contributed by atoms with E-state index in [1.165, 1.54) is 0 Å². The summed E-state index contributed by atoms with van der Waals surface area (Å²) >= 11 is 0. The number of esters is 1. The Bertz CT molecular complexity index is 519. The zero-order valence-corrected chi connectivity index (χ0v) is 9.40. The number of hydrogen-bond acceptors (Lipinski definition) is 2. The minimum atomic E-state index is -2.33. The monoisotopic (exact) mass is 278 g/mol. The van der Waals surface area contributed by atoms with Crippen LogP contribution in [0, 0.1) is 41.4 Å². The molecule has 1 aromatic rings. The van der Waals surface area contributed by atoms with Crippen molar-refractivity contribution in [3.05, 3.63) is 34.6 Å². The van der Waals surface area contributed by atoms with Crippen molar-refractivity contribution in [1.82, 2.24) is 0 Å². The van der Waals surface area contributed by atoms with Gasteiger partial charge in [0, 0.05) is 6.42 Å². The van der Waals surface area contributed by atoms with Gasteiger partial charge in [-0.2, -0.15) is 0 Å². The summed E-state index contributed by atoms with van der Waals surface area (Å²) in [6, 6.07) is 0. The van der Waals surface area contributed by atoms with Gasteiger partial charge in [-0.3, -0.25) is 0 Å². The zero-order valence-electron chi connectivity index (χ0n) is 9.40. The summed E-state index contributed by atoms with van der Waals surface area (Å²) < 4.78 is 69.1. The molecule has 0 aliphatic rings. The van der Waals surface area contributed by atoms with Gasteiger partial charge in [0.15, 0.2) is 23.3 Å². The molecule has 0 N–H and O–H groups in total. The molecule has 102 valence electrons. The van der Waals surface area contributed by atoms with E-state index in [4.69, 9.17) is 6.42 Å². The van der Waals surface area contributed by atoms with Crippen LogP contribution < -0.4 is 0 Å². The van der Waals surface area contributed by atoms with E-state index in [2.05, 4.69) is 10.7 Å². The molecule has 0 aromatic heterocycles. The van der Waals surface area contributed by atoms with Crippen molar-refractivity contribution in [2.75, 3.05) is 6.61 Å².